The Morgan fingerprint density at radius 1 is 0.968 bits per heavy atom. The summed E-state index contributed by atoms with van der Waals surface area (Å²) in [6, 6.07) is 8.93. The largest absolute Gasteiger partial charge is 0.502 e. The minimum absolute atomic E-state index is 0.0929. The van der Waals surface area contributed by atoms with E-state index >= 15 is 0 Å². The van der Waals surface area contributed by atoms with E-state index in [0.717, 1.165) is 5.56 Å². The van der Waals surface area contributed by atoms with Crippen LogP contribution in [0, 0.1) is 0 Å². The van der Waals surface area contributed by atoms with E-state index in [-0.39, 0.29) is 23.2 Å². The lowest BCUT2D eigenvalue weighted by Crippen LogP contribution is -2.30. The minimum atomic E-state index is -0.165. The number of hydrogen-bond acceptors (Lipinski definition) is 8. The van der Waals surface area contributed by atoms with Gasteiger partial charge in [0.15, 0.2) is 23.0 Å². The molecule has 1 heterocycles. The maximum absolute atomic E-state index is 12.9. The number of thioether (sulfide) groups is 1. The molecule has 164 valence electrons. The summed E-state index contributed by atoms with van der Waals surface area (Å²) in [4.78, 5) is 15.0. The van der Waals surface area contributed by atoms with Crippen molar-refractivity contribution in [2.45, 2.75) is 6.42 Å². The van der Waals surface area contributed by atoms with Crippen LogP contribution in [-0.2, 0) is 11.2 Å². The number of thiocarbonyl (C=S) groups is 1. The molecule has 2 aromatic rings. The average molecular weight is 462 g/mol. The van der Waals surface area contributed by atoms with Gasteiger partial charge in [-0.3, -0.25) is 9.69 Å². The highest BCUT2D eigenvalue weighted by molar-refractivity contribution is 8.26. The summed E-state index contributed by atoms with van der Waals surface area (Å²) in [5, 5.41) is 10.1. The number of phenolic OH excluding ortho intramolecular Hbond substituents is 1. The number of amides is 1. The van der Waals surface area contributed by atoms with Crippen LogP contribution >= 0.6 is 24.0 Å². The molecule has 31 heavy (non-hydrogen) atoms. The first-order valence-corrected chi connectivity index (χ1v) is 10.6. The van der Waals surface area contributed by atoms with Crippen molar-refractivity contribution in [3.05, 3.63) is 46.4 Å². The highest BCUT2D eigenvalue weighted by atomic mass is 32.2. The second-order valence-electron chi connectivity index (χ2n) is 6.55. The van der Waals surface area contributed by atoms with Crippen LogP contribution in [0.3, 0.4) is 0 Å². The summed E-state index contributed by atoms with van der Waals surface area (Å²) in [7, 11) is 6.07. The number of rotatable bonds is 8. The predicted octanol–water partition coefficient (Wildman–Crippen LogP) is 3.87. The first-order chi connectivity index (χ1) is 14.9. The van der Waals surface area contributed by atoms with E-state index in [2.05, 4.69) is 0 Å². The molecule has 0 bridgehead atoms. The van der Waals surface area contributed by atoms with Crippen LogP contribution in [0.2, 0.25) is 0 Å². The van der Waals surface area contributed by atoms with Crippen LogP contribution in [0.4, 0.5) is 0 Å². The molecule has 1 aliphatic rings. The summed E-state index contributed by atoms with van der Waals surface area (Å²) in [6.45, 7) is 0.444. The number of benzene rings is 2. The van der Waals surface area contributed by atoms with Gasteiger partial charge < -0.3 is 24.1 Å². The zero-order valence-corrected chi connectivity index (χ0v) is 19.3. The minimum Gasteiger partial charge on any atom is -0.502 e. The number of carbonyl (C=O) groups is 1. The van der Waals surface area contributed by atoms with E-state index < -0.39 is 0 Å². The van der Waals surface area contributed by atoms with Crippen molar-refractivity contribution in [3.63, 3.8) is 0 Å². The number of nitrogens with zero attached hydrogens (tertiary/aromatic N) is 1. The third-order valence-corrected chi connectivity index (χ3v) is 6.12. The number of ether oxygens (including phenoxy) is 4. The van der Waals surface area contributed by atoms with Crippen LogP contribution in [0.5, 0.6) is 28.7 Å². The fourth-order valence-corrected chi connectivity index (χ4v) is 4.43. The van der Waals surface area contributed by atoms with Gasteiger partial charge in [-0.05, 0) is 47.9 Å². The van der Waals surface area contributed by atoms with E-state index in [1.807, 2.05) is 18.2 Å². The van der Waals surface area contributed by atoms with E-state index in [4.69, 9.17) is 31.2 Å². The summed E-state index contributed by atoms with van der Waals surface area (Å²) >= 11 is 6.66. The first kappa shape index (κ1) is 22.8. The van der Waals surface area contributed by atoms with Crippen LogP contribution in [0.25, 0.3) is 6.08 Å². The number of carbonyl (C=O) groups excluding carboxylic acids is 1. The quantitative estimate of drug-likeness (QED) is 0.469. The number of hydrogen-bond donors (Lipinski definition) is 1. The monoisotopic (exact) mass is 461 g/mol. The maximum atomic E-state index is 12.9. The van der Waals surface area contributed by atoms with Crippen molar-refractivity contribution in [3.8, 4) is 28.7 Å². The third-order valence-electron chi connectivity index (χ3n) is 4.75. The van der Waals surface area contributed by atoms with Crippen LogP contribution in [-0.4, -0.2) is 55.2 Å². The van der Waals surface area contributed by atoms with Gasteiger partial charge in [0.1, 0.15) is 4.32 Å². The molecule has 1 amide bonds. The lowest BCUT2D eigenvalue weighted by atomic mass is 10.1. The van der Waals surface area contributed by atoms with Crippen molar-refractivity contribution in [1.29, 1.82) is 0 Å². The maximum Gasteiger partial charge on any atom is 0.266 e. The van der Waals surface area contributed by atoms with Gasteiger partial charge in [-0.1, -0.05) is 30.0 Å². The topological polar surface area (TPSA) is 77.5 Å². The molecule has 3 rings (SSSR count). The molecule has 7 nitrogen and oxygen atoms in total. The smallest absolute Gasteiger partial charge is 0.266 e. The molecule has 0 aromatic heterocycles. The molecule has 1 fully saturated rings. The molecule has 9 heteroatoms. The zero-order valence-electron chi connectivity index (χ0n) is 17.6. The Hall–Kier alpha value is -2.91. The second-order valence-corrected chi connectivity index (χ2v) is 8.22. The van der Waals surface area contributed by atoms with Crippen LogP contribution < -0.4 is 18.9 Å². The Balaban J connectivity index is 1.77. The van der Waals surface area contributed by atoms with Crippen molar-refractivity contribution >= 4 is 40.3 Å². The summed E-state index contributed by atoms with van der Waals surface area (Å²) in [5.74, 6) is 1.55. The number of aromatic hydroxyl groups is 1. The number of phenols is 1. The molecule has 0 unspecified atom stereocenters. The highest BCUT2D eigenvalue weighted by Crippen LogP contribution is 2.39. The summed E-state index contributed by atoms with van der Waals surface area (Å²) in [6.07, 6.45) is 2.32. The first-order valence-electron chi connectivity index (χ1n) is 9.33. The standard InChI is InChI=1S/C22H23NO6S2/c1-26-15-6-5-13(9-16(15)27-2)7-8-23-21(25)19(31-22(23)30)12-14-10-17(28-3)20(24)18(11-14)29-4/h5-6,9-12,24H,7-8H2,1-4H3. The molecule has 0 radical (unpaired) electrons. The molecule has 0 saturated carbocycles. The van der Waals surface area contributed by atoms with Gasteiger partial charge in [-0.25, -0.2) is 0 Å². The lowest BCUT2D eigenvalue weighted by Gasteiger charge is -2.15. The molecule has 1 saturated heterocycles. The fraction of sp³-hybridized carbons (Fsp3) is 0.273. The average Bonchev–Trinajstić information content (AvgIpc) is 3.05. The third kappa shape index (κ3) is 4.88. The van der Waals surface area contributed by atoms with Crippen LogP contribution in [0.15, 0.2) is 35.2 Å². The normalized spacial score (nSPS) is 14.8. The van der Waals surface area contributed by atoms with E-state index in [9.17, 15) is 9.90 Å². The Labute approximate surface area is 190 Å². The van der Waals surface area contributed by atoms with Crippen molar-refractivity contribution in [1.82, 2.24) is 4.90 Å². The second kappa shape index (κ2) is 9.93. The van der Waals surface area contributed by atoms with Gasteiger partial charge in [0.05, 0.1) is 33.3 Å². The Morgan fingerprint density at radius 3 is 2.16 bits per heavy atom. The molecule has 0 atom stereocenters. The molecule has 0 spiro atoms. The van der Waals surface area contributed by atoms with E-state index in [1.165, 1.54) is 26.0 Å². The Kier molecular flexibility index (Phi) is 7.29. The molecule has 0 aliphatic carbocycles. The highest BCUT2D eigenvalue weighted by Gasteiger charge is 2.31. The van der Waals surface area contributed by atoms with Crippen molar-refractivity contribution in [2.75, 3.05) is 35.0 Å². The van der Waals surface area contributed by atoms with Crippen molar-refractivity contribution < 1.29 is 28.8 Å². The van der Waals surface area contributed by atoms with E-state index in [1.54, 1.807) is 37.3 Å². The van der Waals surface area contributed by atoms with Gasteiger partial charge >= 0.3 is 0 Å². The van der Waals surface area contributed by atoms with E-state index in [0.29, 0.717) is 39.3 Å². The van der Waals surface area contributed by atoms with Gasteiger partial charge in [-0.15, -0.1) is 0 Å². The molecule has 1 aliphatic heterocycles. The van der Waals surface area contributed by atoms with Gasteiger partial charge in [0, 0.05) is 6.54 Å². The molecular weight excluding hydrogens is 438 g/mol. The molecular formula is C22H23NO6S2. The molecule has 1 N–H and O–H groups in total. The fourth-order valence-electron chi connectivity index (χ4n) is 3.12. The van der Waals surface area contributed by atoms with Gasteiger partial charge in [0.2, 0.25) is 5.75 Å². The molecule has 2 aromatic carbocycles. The Bertz CT molecular complexity index is 1010. The van der Waals surface area contributed by atoms with Gasteiger partial charge in [0.25, 0.3) is 5.91 Å². The zero-order chi connectivity index (χ0) is 22.5. The number of methoxy groups -OCH3 is 4. The summed E-state index contributed by atoms with van der Waals surface area (Å²) < 4.78 is 21.4. The predicted molar refractivity (Wildman–Crippen MR) is 124 cm³/mol. The Morgan fingerprint density at radius 2 is 1.58 bits per heavy atom. The van der Waals surface area contributed by atoms with Gasteiger partial charge in [-0.2, -0.15) is 0 Å². The van der Waals surface area contributed by atoms with Crippen LogP contribution in [0.1, 0.15) is 11.1 Å². The SMILES string of the molecule is COc1ccc(CCN2C(=O)C(=Cc3cc(OC)c(O)c(OC)c3)SC2=S)cc1OC. The lowest BCUT2D eigenvalue weighted by molar-refractivity contribution is -0.122. The van der Waals surface area contributed by atoms with Crippen molar-refractivity contribution in [2.24, 2.45) is 0 Å². The summed E-state index contributed by atoms with van der Waals surface area (Å²) in [5.41, 5.74) is 1.66.